The first-order valence-electron chi connectivity index (χ1n) is 7.63. The van der Waals surface area contributed by atoms with E-state index in [1.165, 1.54) is 5.56 Å². The predicted octanol–water partition coefficient (Wildman–Crippen LogP) is 2.50. The van der Waals surface area contributed by atoms with Crippen molar-refractivity contribution in [1.82, 2.24) is 4.90 Å². The van der Waals surface area contributed by atoms with Crippen LogP contribution < -0.4 is 0 Å². The Kier molecular flexibility index (Phi) is 4.99. The van der Waals surface area contributed by atoms with Gasteiger partial charge in [0.2, 0.25) is 5.91 Å². The molecule has 1 aliphatic heterocycles. The van der Waals surface area contributed by atoms with Crippen molar-refractivity contribution in [3.63, 3.8) is 0 Å². The number of carbonyl (C=O) groups excluding carboxylic acids is 1. The zero-order valence-corrected chi connectivity index (χ0v) is 12.7. The van der Waals surface area contributed by atoms with Crippen LogP contribution in [0.15, 0.2) is 24.3 Å². The van der Waals surface area contributed by atoms with Gasteiger partial charge in [-0.05, 0) is 37.3 Å². The van der Waals surface area contributed by atoms with Gasteiger partial charge in [-0.15, -0.1) is 0 Å². The maximum Gasteiger partial charge on any atom is 0.308 e. The molecule has 21 heavy (non-hydrogen) atoms. The fourth-order valence-corrected chi connectivity index (χ4v) is 2.96. The Balaban J connectivity index is 1.88. The summed E-state index contributed by atoms with van der Waals surface area (Å²) in [7, 11) is 0. The highest BCUT2D eigenvalue weighted by Crippen LogP contribution is 2.25. The van der Waals surface area contributed by atoms with Crippen LogP contribution in [0.1, 0.15) is 37.8 Å². The molecule has 4 nitrogen and oxygen atoms in total. The number of carbonyl (C=O) groups is 2. The van der Waals surface area contributed by atoms with E-state index in [9.17, 15) is 9.59 Å². The lowest BCUT2D eigenvalue weighted by Gasteiger charge is -2.23. The molecule has 0 radical (unpaired) electrons. The van der Waals surface area contributed by atoms with Crippen LogP contribution >= 0.6 is 0 Å². The van der Waals surface area contributed by atoms with E-state index in [-0.39, 0.29) is 11.9 Å². The number of rotatable bonds is 5. The molecule has 1 aromatic rings. The van der Waals surface area contributed by atoms with Gasteiger partial charge in [0.25, 0.3) is 0 Å². The van der Waals surface area contributed by atoms with Crippen molar-refractivity contribution in [2.24, 2.45) is 5.92 Å². The lowest BCUT2D eigenvalue weighted by atomic mass is 10.0. The molecule has 114 valence electrons. The van der Waals surface area contributed by atoms with E-state index in [1.807, 2.05) is 6.92 Å². The number of likely N-dealkylation sites (tertiary alicyclic amines) is 1. The van der Waals surface area contributed by atoms with Crippen LogP contribution in [0.3, 0.4) is 0 Å². The molecule has 4 heteroatoms. The Morgan fingerprint density at radius 3 is 2.38 bits per heavy atom. The van der Waals surface area contributed by atoms with Gasteiger partial charge in [-0.25, -0.2) is 0 Å². The molecular weight excluding hydrogens is 266 g/mol. The molecule has 2 unspecified atom stereocenters. The minimum Gasteiger partial charge on any atom is -0.481 e. The van der Waals surface area contributed by atoms with Crippen LogP contribution in [0, 0.1) is 5.92 Å². The molecule has 0 saturated carbocycles. The Labute approximate surface area is 125 Å². The number of hydrogen-bond donors (Lipinski definition) is 1. The summed E-state index contributed by atoms with van der Waals surface area (Å²) < 4.78 is 0. The van der Waals surface area contributed by atoms with E-state index in [4.69, 9.17) is 5.11 Å². The lowest BCUT2D eigenvalue weighted by Crippen LogP contribution is -2.37. The lowest BCUT2D eigenvalue weighted by molar-refractivity contribution is -0.143. The zero-order chi connectivity index (χ0) is 15.4. The van der Waals surface area contributed by atoms with E-state index in [0.717, 1.165) is 12.0 Å². The average molecular weight is 289 g/mol. The van der Waals surface area contributed by atoms with Gasteiger partial charge in [0.15, 0.2) is 0 Å². The number of hydrogen-bond acceptors (Lipinski definition) is 2. The molecule has 1 heterocycles. The zero-order valence-electron chi connectivity index (χ0n) is 12.7. The van der Waals surface area contributed by atoms with Gasteiger partial charge >= 0.3 is 5.97 Å². The van der Waals surface area contributed by atoms with Crippen molar-refractivity contribution in [3.8, 4) is 0 Å². The van der Waals surface area contributed by atoms with Crippen molar-refractivity contribution in [2.75, 3.05) is 6.54 Å². The predicted molar refractivity (Wildman–Crippen MR) is 81.1 cm³/mol. The molecule has 1 N–H and O–H groups in total. The molecule has 0 bridgehead atoms. The maximum absolute atomic E-state index is 12.3. The summed E-state index contributed by atoms with van der Waals surface area (Å²) in [5.74, 6) is -1.16. The fraction of sp³-hybridized carbons (Fsp3) is 0.529. The molecule has 0 aliphatic carbocycles. The van der Waals surface area contributed by atoms with Crippen molar-refractivity contribution >= 4 is 11.9 Å². The van der Waals surface area contributed by atoms with Gasteiger partial charge < -0.3 is 10.0 Å². The van der Waals surface area contributed by atoms with E-state index < -0.39 is 11.9 Å². The molecule has 2 atom stereocenters. The minimum absolute atomic E-state index is 0.0609. The third kappa shape index (κ3) is 3.63. The van der Waals surface area contributed by atoms with Crippen LogP contribution in [0.5, 0.6) is 0 Å². The van der Waals surface area contributed by atoms with Gasteiger partial charge in [0.05, 0.1) is 5.92 Å². The highest BCUT2D eigenvalue weighted by Gasteiger charge is 2.37. The second-order valence-electron chi connectivity index (χ2n) is 5.73. The van der Waals surface area contributed by atoms with Crippen LogP contribution in [0.4, 0.5) is 0 Å². The maximum atomic E-state index is 12.3. The van der Waals surface area contributed by atoms with Gasteiger partial charge in [-0.2, -0.15) is 0 Å². The summed E-state index contributed by atoms with van der Waals surface area (Å²) in [5.41, 5.74) is 2.45. The number of nitrogens with zero attached hydrogens (tertiary/aromatic N) is 1. The quantitative estimate of drug-likeness (QED) is 0.906. The van der Waals surface area contributed by atoms with E-state index in [1.54, 1.807) is 4.90 Å². The highest BCUT2D eigenvalue weighted by atomic mass is 16.4. The van der Waals surface area contributed by atoms with Crippen molar-refractivity contribution < 1.29 is 14.7 Å². The van der Waals surface area contributed by atoms with Gasteiger partial charge in [-0.3, -0.25) is 9.59 Å². The smallest absolute Gasteiger partial charge is 0.308 e. The monoisotopic (exact) mass is 289 g/mol. The van der Waals surface area contributed by atoms with Crippen LogP contribution in [-0.4, -0.2) is 34.5 Å². The summed E-state index contributed by atoms with van der Waals surface area (Å²) in [4.78, 5) is 25.1. The van der Waals surface area contributed by atoms with E-state index in [0.29, 0.717) is 25.8 Å². The highest BCUT2D eigenvalue weighted by molar-refractivity contribution is 5.79. The largest absolute Gasteiger partial charge is 0.481 e. The first-order valence-corrected chi connectivity index (χ1v) is 7.63. The second kappa shape index (κ2) is 6.74. The Hall–Kier alpha value is -1.84. The molecule has 2 rings (SSSR count). The molecule has 0 aromatic heterocycles. The Morgan fingerprint density at radius 1 is 1.24 bits per heavy atom. The van der Waals surface area contributed by atoms with Crippen LogP contribution in [0.25, 0.3) is 0 Å². The first kappa shape index (κ1) is 15.5. The summed E-state index contributed by atoms with van der Waals surface area (Å²) >= 11 is 0. The van der Waals surface area contributed by atoms with Crippen LogP contribution in [0.2, 0.25) is 0 Å². The topological polar surface area (TPSA) is 57.6 Å². The number of carboxylic acid groups (broad SMARTS) is 1. The Bertz CT molecular complexity index is 509. The van der Waals surface area contributed by atoms with Crippen molar-refractivity contribution in [3.05, 3.63) is 35.4 Å². The summed E-state index contributed by atoms with van der Waals surface area (Å²) in [6, 6.07) is 8.13. The molecule has 1 aliphatic rings. The number of carboxylic acids is 1. The average Bonchev–Trinajstić information content (AvgIpc) is 2.87. The number of benzene rings is 1. The third-order valence-electron chi connectivity index (χ3n) is 4.45. The molecule has 1 aromatic carbocycles. The molecular formula is C17H23NO3. The summed E-state index contributed by atoms with van der Waals surface area (Å²) in [5, 5.41) is 9.10. The van der Waals surface area contributed by atoms with Gasteiger partial charge in [0, 0.05) is 19.0 Å². The number of aliphatic carboxylic acids is 1. The third-order valence-corrected chi connectivity index (χ3v) is 4.45. The molecule has 1 fully saturated rings. The Morgan fingerprint density at radius 2 is 1.86 bits per heavy atom. The van der Waals surface area contributed by atoms with Crippen LogP contribution in [-0.2, 0) is 22.4 Å². The standard InChI is InChI=1S/C17H23NO3/c1-3-13-4-6-14(7-5-13)8-9-16(19)18-11-10-15(12(18)2)17(20)21/h4-7,12,15H,3,8-11H2,1-2H3,(H,20,21). The minimum atomic E-state index is -0.798. The summed E-state index contributed by atoms with van der Waals surface area (Å²) in [6.07, 6.45) is 2.74. The van der Waals surface area contributed by atoms with Crippen molar-refractivity contribution in [1.29, 1.82) is 0 Å². The SMILES string of the molecule is CCc1ccc(CCC(=O)N2CCC(C(=O)O)C2C)cc1. The van der Waals surface area contributed by atoms with Gasteiger partial charge in [-0.1, -0.05) is 31.2 Å². The fourth-order valence-electron chi connectivity index (χ4n) is 2.96. The van der Waals surface area contributed by atoms with Gasteiger partial charge in [0.1, 0.15) is 0 Å². The normalized spacial score (nSPS) is 21.5. The van der Waals surface area contributed by atoms with Crippen molar-refractivity contribution in [2.45, 2.75) is 45.6 Å². The number of aryl methyl sites for hydroxylation is 2. The summed E-state index contributed by atoms with van der Waals surface area (Å²) in [6.45, 7) is 4.51. The molecule has 0 spiro atoms. The molecule has 1 amide bonds. The molecule has 1 saturated heterocycles. The number of amides is 1. The van der Waals surface area contributed by atoms with E-state index in [2.05, 4.69) is 31.2 Å². The second-order valence-corrected chi connectivity index (χ2v) is 5.73. The van der Waals surface area contributed by atoms with E-state index >= 15 is 0 Å². The first-order chi connectivity index (χ1) is 10.0.